The third-order valence-corrected chi connectivity index (χ3v) is 4.32. The summed E-state index contributed by atoms with van der Waals surface area (Å²) < 4.78 is 11.1. The quantitative estimate of drug-likeness (QED) is 0.555. The Balaban J connectivity index is 2.80. The molecule has 1 aliphatic rings. The van der Waals surface area contributed by atoms with E-state index in [-0.39, 0.29) is 24.1 Å². The molecule has 1 rings (SSSR count). The van der Waals surface area contributed by atoms with Gasteiger partial charge in [-0.3, -0.25) is 4.79 Å². The van der Waals surface area contributed by atoms with E-state index < -0.39 is 17.2 Å². The third-order valence-electron chi connectivity index (χ3n) is 4.32. The van der Waals surface area contributed by atoms with Crippen LogP contribution in [0.3, 0.4) is 0 Å². The number of carbonyl (C=O) groups is 2. The zero-order valence-electron chi connectivity index (χ0n) is 18.1. The Hall–Kier alpha value is -1.56. The first kappa shape index (κ1) is 23.5. The summed E-state index contributed by atoms with van der Waals surface area (Å²) in [6.07, 6.45) is 5.12. The molecule has 156 valence electrons. The Bertz CT molecular complexity index is 519. The molecule has 3 atom stereocenters. The van der Waals surface area contributed by atoms with Gasteiger partial charge in [-0.25, -0.2) is 4.79 Å². The number of rotatable bonds is 6. The van der Waals surface area contributed by atoms with Crippen LogP contribution >= 0.6 is 0 Å². The largest absolute Gasteiger partial charge is 0.459 e. The van der Waals surface area contributed by atoms with Gasteiger partial charge in [-0.2, -0.15) is 0 Å². The van der Waals surface area contributed by atoms with Crippen molar-refractivity contribution in [2.75, 3.05) is 6.54 Å². The van der Waals surface area contributed by atoms with Crippen molar-refractivity contribution < 1.29 is 19.1 Å². The summed E-state index contributed by atoms with van der Waals surface area (Å²) >= 11 is 0. The van der Waals surface area contributed by atoms with Crippen molar-refractivity contribution in [1.82, 2.24) is 10.2 Å². The molecule has 1 amide bonds. The Morgan fingerprint density at radius 3 is 2.19 bits per heavy atom. The van der Waals surface area contributed by atoms with Crippen LogP contribution in [0.5, 0.6) is 0 Å². The summed E-state index contributed by atoms with van der Waals surface area (Å²) in [5.74, 6) is -0.287. The van der Waals surface area contributed by atoms with Gasteiger partial charge in [0.05, 0.1) is 0 Å². The van der Waals surface area contributed by atoms with E-state index >= 15 is 0 Å². The molecular formula is C21H38N2O4. The minimum absolute atomic E-state index is 0.0246. The zero-order valence-corrected chi connectivity index (χ0v) is 18.1. The van der Waals surface area contributed by atoms with Gasteiger partial charge in [0, 0.05) is 18.6 Å². The number of piperidine rings is 1. The highest BCUT2D eigenvalue weighted by molar-refractivity contribution is 5.75. The van der Waals surface area contributed by atoms with E-state index in [0.717, 1.165) is 25.7 Å². The molecule has 0 saturated carbocycles. The van der Waals surface area contributed by atoms with Crippen LogP contribution in [-0.2, 0) is 14.3 Å². The summed E-state index contributed by atoms with van der Waals surface area (Å²) in [6.45, 7) is 17.3. The molecular weight excluding hydrogens is 344 g/mol. The molecule has 1 fully saturated rings. The number of nitrogens with zero attached hydrogens (tertiary/aromatic N) is 1. The molecule has 0 aliphatic carbocycles. The highest BCUT2D eigenvalue weighted by Crippen LogP contribution is 2.27. The molecule has 6 nitrogen and oxygen atoms in total. The SMILES string of the molecule is C=CC[C@H]1CCCC(CN[C@@H](C)C(=O)OC(C)(C)C)N1C(=O)OC(C)(C)C. The van der Waals surface area contributed by atoms with E-state index in [4.69, 9.17) is 9.47 Å². The molecule has 1 heterocycles. The lowest BCUT2D eigenvalue weighted by molar-refractivity contribution is -0.157. The van der Waals surface area contributed by atoms with Crippen molar-refractivity contribution in [3.63, 3.8) is 0 Å². The third kappa shape index (κ3) is 8.33. The van der Waals surface area contributed by atoms with Gasteiger partial charge in [0.2, 0.25) is 0 Å². The molecule has 6 heteroatoms. The average Bonchev–Trinajstić information content (AvgIpc) is 2.49. The summed E-state index contributed by atoms with van der Waals surface area (Å²) in [5.41, 5.74) is -1.06. The first-order chi connectivity index (χ1) is 12.3. The first-order valence-corrected chi connectivity index (χ1v) is 9.92. The maximum atomic E-state index is 12.8. The minimum Gasteiger partial charge on any atom is -0.459 e. The van der Waals surface area contributed by atoms with Crippen LogP contribution in [0, 0.1) is 0 Å². The lowest BCUT2D eigenvalue weighted by atomic mass is 9.93. The fraction of sp³-hybridized carbons (Fsp3) is 0.810. The van der Waals surface area contributed by atoms with Crippen LogP contribution < -0.4 is 5.32 Å². The van der Waals surface area contributed by atoms with Gasteiger partial charge in [-0.1, -0.05) is 6.08 Å². The van der Waals surface area contributed by atoms with Crippen molar-refractivity contribution in [2.24, 2.45) is 0 Å². The topological polar surface area (TPSA) is 67.9 Å². The second kappa shape index (κ2) is 9.58. The van der Waals surface area contributed by atoms with Gasteiger partial charge in [0.25, 0.3) is 0 Å². The van der Waals surface area contributed by atoms with E-state index in [2.05, 4.69) is 11.9 Å². The zero-order chi connectivity index (χ0) is 20.8. The Morgan fingerprint density at radius 1 is 1.11 bits per heavy atom. The van der Waals surface area contributed by atoms with E-state index in [0.29, 0.717) is 6.54 Å². The van der Waals surface area contributed by atoms with Crippen molar-refractivity contribution in [3.05, 3.63) is 12.7 Å². The maximum Gasteiger partial charge on any atom is 0.410 e. The van der Waals surface area contributed by atoms with Crippen molar-refractivity contribution in [1.29, 1.82) is 0 Å². The highest BCUT2D eigenvalue weighted by atomic mass is 16.6. The normalized spacial score (nSPS) is 22.1. The van der Waals surface area contributed by atoms with Crippen molar-refractivity contribution in [2.45, 2.75) is 103 Å². The summed E-state index contributed by atoms with van der Waals surface area (Å²) in [7, 11) is 0. The van der Waals surface area contributed by atoms with Gasteiger partial charge in [0.15, 0.2) is 0 Å². The number of hydrogen-bond acceptors (Lipinski definition) is 5. The van der Waals surface area contributed by atoms with Crippen LogP contribution in [-0.4, -0.2) is 52.8 Å². The minimum atomic E-state index is -0.547. The molecule has 0 spiro atoms. The van der Waals surface area contributed by atoms with Crippen molar-refractivity contribution in [3.8, 4) is 0 Å². The Labute approximate surface area is 164 Å². The molecule has 1 N–H and O–H groups in total. The van der Waals surface area contributed by atoms with Gasteiger partial charge in [0.1, 0.15) is 17.2 Å². The predicted octanol–water partition coefficient (Wildman–Crippen LogP) is 4.04. The number of ether oxygens (including phenoxy) is 2. The molecule has 0 aromatic heterocycles. The van der Waals surface area contributed by atoms with Gasteiger partial charge in [-0.05, 0) is 74.1 Å². The molecule has 0 bridgehead atoms. The summed E-state index contributed by atoms with van der Waals surface area (Å²) in [6, 6.07) is -0.386. The summed E-state index contributed by atoms with van der Waals surface area (Å²) in [5, 5.41) is 3.24. The fourth-order valence-corrected chi connectivity index (χ4v) is 3.19. The second-order valence-electron chi connectivity index (χ2n) is 9.31. The molecule has 1 saturated heterocycles. The van der Waals surface area contributed by atoms with Gasteiger partial charge >= 0.3 is 12.1 Å². The average molecular weight is 383 g/mol. The fourth-order valence-electron chi connectivity index (χ4n) is 3.19. The van der Waals surface area contributed by atoms with Crippen LogP contribution in [0.25, 0.3) is 0 Å². The van der Waals surface area contributed by atoms with Crippen molar-refractivity contribution >= 4 is 12.1 Å². The Kier molecular flexibility index (Phi) is 8.33. The lowest BCUT2D eigenvalue weighted by Gasteiger charge is -2.42. The van der Waals surface area contributed by atoms with Crippen LogP contribution in [0.2, 0.25) is 0 Å². The standard InChI is InChI=1S/C21H38N2O4/c1-9-11-16-12-10-13-17(23(16)19(25)27-21(6,7)8)14-22-15(2)18(24)26-20(3,4)5/h9,15-17,22H,1,10-14H2,2-8H3/t15-,16-,17?/m0/s1. The van der Waals surface area contributed by atoms with Crippen LogP contribution in [0.1, 0.15) is 74.1 Å². The first-order valence-electron chi connectivity index (χ1n) is 9.92. The molecule has 27 heavy (non-hydrogen) atoms. The molecule has 1 aliphatic heterocycles. The smallest absolute Gasteiger partial charge is 0.410 e. The highest BCUT2D eigenvalue weighted by Gasteiger charge is 2.36. The van der Waals surface area contributed by atoms with E-state index in [1.54, 1.807) is 6.92 Å². The van der Waals surface area contributed by atoms with E-state index in [1.165, 1.54) is 0 Å². The number of amides is 1. The number of hydrogen-bond donors (Lipinski definition) is 1. The second-order valence-corrected chi connectivity index (χ2v) is 9.31. The predicted molar refractivity (Wildman–Crippen MR) is 108 cm³/mol. The molecule has 0 aromatic carbocycles. The summed E-state index contributed by atoms with van der Waals surface area (Å²) in [4.78, 5) is 26.9. The number of likely N-dealkylation sites (tertiary alicyclic amines) is 1. The van der Waals surface area contributed by atoms with Crippen LogP contribution in [0.4, 0.5) is 4.79 Å². The van der Waals surface area contributed by atoms with Crippen LogP contribution in [0.15, 0.2) is 12.7 Å². The number of nitrogens with one attached hydrogen (secondary N) is 1. The number of esters is 1. The number of carbonyl (C=O) groups excluding carboxylic acids is 2. The Morgan fingerprint density at radius 2 is 1.67 bits per heavy atom. The lowest BCUT2D eigenvalue weighted by Crippen LogP contribution is -2.56. The monoisotopic (exact) mass is 382 g/mol. The molecule has 0 radical (unpaired) electrons. The van der Waals surface area contributed by atoms with Gasteiger partial charge < -0.3 is 19.7 Å². The molecule has 0 aromatic rings. The van der Waals surface area contributed by atoms with E-state index in [9.17, 15) is 9.59 Å². The van der Waals surface area contributed by atoms with E-state index in [1.807, 2.05) is 52.5 Å². The maximum absolute atomic E-state index is 12.8. The van der Waals surface area contributed by atoms with Gasteiger partial charge in [-0.15, -0.1) is 6.58 Å². The molecule has 1 unspecified atom stereocenters.